The lowest BCUT2D eigenvalue weighted by Crippen LogP contribution is -2.45. The van der Waals surface area contributed by atoms with Gasteiger partial charge < -0.3 is 4.90 Å². The normalized spacial score (nSPS) is 18.5. The van der Waals surface area contributed by atoms with Crippen LogP contribution in [0.25, 0.3) is 0 Å². The molecule has 1 aromatic rings. The maximum atomic E-state index is 13.2. The number of halogens is 1. The molecule has 4 heteroatoms. The SMILES string of the molecule is CCN1CCN(Cc2cc(F)ccc2S)CC1. The summed E-state index contributed by atoms with van der Waals surface area (Å²) in [5.41, 5.74) is 0.985. The molecule has 0 bridgehead atoms. The summed E-state index contributed by atoms with van der Waals surface area (Å²) in [6, 6.07) is 4.78. The fraction of sp³-hybridized carbons (Fsp3) is 0.538. The minimum absolute atomic E-state index is 0.176. The number of hydrogen-bond acceptors (Lipinski definition) is 3. The molecule has 2 rings (SSSR count). The van der Waals surface area contributed by atoms with Crippen LogP contribution >= 0.6 is 12.6 Å². The summed E-state index contributed by atoms with van der Waals surface area (Å²) in [5.74, 6) is -0.176. The first kappa shape index (κ1) is 12.9. The average Bonchev–Trinajstić information content (AvgIpc) is 2.35. The average molecular weight is 254 g/mol. The molecular formula is C13H19FN2S. The lowest BCUT2D eigenvalue weighted by Gasteiger charge is -2.34. The van der Waals surface area contributed by atoms with Gasteiger partial charge in [-0.05, 0) is 30.3 Å². The Kier molecular flexibility index (Phi) is 4.42. The molecule has 0 radical (unpaired) electrons. The second-order valence-corrected chi connectivity index (χ2v) is 4.97. The van der Waals surface area contributed by atoms with Gasteiger partial charge in [0.1, 0.15) is 5.82 Å². The predicted octanol–water partition coefficient (Wildman–Crippen LogP) is 2.25. The van der Waals surface area contributed by atoms with Gasteiger partial charge in [0.15, 0.2) is 0 Å². The van der Waals surface area contributed by atoms with Crippen LogP contribution in [0.3, 0.4) is 0 Å². The van der Waals surface area contributed by atoms with Crippen LogP contribution in [0, 0.1) is 5.82 Å². The molecule has 0 aromatic heterocycles. The molecule has 1 fully saturated rings. The van der Waals surface area contributed by atoms with Crippen LogP contribution < -0.4 is 0 Å². The Labute approximate surface area is 108 Å². The van der Waals surface area contributed by atoms with E-state index >= 15 is 0 Å². The van der Waals surface area contributed by atoms with Crippen LogP contribution in [0.2, 0.25) is 0 Å². The Hall–Kier alpha value is -0.580. The number of hydrogen-bond donors (Lipinski definition) is 1. The van der Waals surface area contributed by atoms with Gasteiger partial charge in [-0.2, -0.15) is 0 Å². The Morgan fingerprint density at radius 1 is 1.18 bits per heavy atom. The molecule has 94 valence electrons. The van der Waals surface area contributed by atoms with Gasteiger partial charge in [0.25, 0.3) is 0 Å². The molecule has 0 amide bonds. The third-order valence-corrected chi connectivity index (χ3v) is 3.78. The zero-order valence-corrected chi connectivity index (χ0v) is 11.1. The monoisotopic (exact) mass is 254 g/mol. The smallest absolute Gasteiger partial charge is 0.123 e. The van der Waals surface area contributed by atoms with Crippen molar-refractivity contribution in [3.63, 3.8) is 0 Å². The van der Waals surface area contributed by atoms with Crippen molar-refractivity contribution < 1.29 is 4.39 Å². The van der Waals surface area contributed by atoms with Crippen LogP contribution in [0.15, 0.2) is 23.1 Å². The molecule has 17 heavy (non-hydrogen) atoms. The Bertz CT molecular complexity index is 376. The molecule has 1 saturated heterocycles. The van der Waals surface area contributed by atoms with Gasteiger partial charge in [0.05, 0.1) is 0 Å². The predicted molar refractivity (Wildman–Crippen MR) is 71.0 cm³/mol. The Morgan fingerprint density at radius 2 is 1.82 bits per heavy atom. The summed E-state index contributed by atoms with van der Waals surface area (Å²) in [6.07, 6.45) is 0. The van der Waals surface area contributed by atoms with Crippen molar-refractivity contribution >= 4 is 12.6 Å². The highest BCUT2D eigenvalue weighted by molar-refractivity contribution is 7.80. The molecule has 1 aromatic carbocycles. The van der Waals surface area contributed by atoms with Crippen molar-refractivity contribution in [1.29, 1.82) is 0 Å². The first-order chi connectivity index (χ1) is 8.19. The second-order valence-electron chi connectivity index (χ2n) is 4.48. The van der Waals surface area contributed by atoms with Crippen molar-refractivity contribution in [2.75, 3.05) is 32.7 Å². The summed E-state index contributed by atoms with van der Waals surface area (Å²) in [7, 11) is 0. The number of thiol groups is 1. The van der Waals surface area contributed by atoms with Crippen LogP contribution in [-0.2, 0) is 6.54 Å². The number of likely N-dealkylation sites (N-methyl/N-ethyl adjacent to an activating group) is 1. The Balaban J connectivity index is 1.95. The highest BCUT2D eigenvalue weighted by atomic mass is 32.1. The van der Waals surface area contributed by atoms with E-state index in [2.05, 4.69) is 29.4 Å². The van der Waals surface area contributed by atoms with Gasteiger partial charge in [0.2, 0.25) is 0 Å². The molecule has 2 nitrogen and oxygen atoms in total. The van der Waals surface area contributed by atoms with Crippen molar-refractivity contribution in [1.82, 2.24) is 9.80 Å². The number of benzene rings is 1. The molecule has 0 aliphatic carbocycles. The number of piperazine rings is 1. The van der Waals surface area contributed by atoms with Gasteiger partial charge in [0, 0.05) is 37.6 Å². The second kappa shape index (κ2) is 5.85. The van der Waals surface area contributed by atoms with E-state index in [1.807, 2.05) is 0 Å². The van der Waals surface area contributed by atoms with E-state index in [-0.39, 0.29) is 5.82 Å². The zero-order chi connectivity index (χ0) is 12.3. The topological polar surface area (TPSA) is 6.48 Å². The van der Waals surface area contributed by atoms with E-state index in [1.165, 1.54) is 6.07 Å². The van der Waals surface area contributed by atoms with Crippen LogP contribution in [-0.4, -0.2) is 42.5 Å². The van der Waals surface area contributed by atoms with Crippen molar-refractivity contribution in [3.8, 4) is 0 Å². The minimum Gasteiger partial charge on any atom is -0.301 e. The van der Waals surface area contributed by atoms with E-state index in [0.717, 1.165) is 49.7 Å². The maximum absolute atomic E-state index is 13.2. The largest absolute Gasteiger partial charge is 0.301 e. The molecule has 1 heterocycles. The van der Waals surface area contributed by atoms with Crippen molar-refractivity contribution in [2.45, 2.75) is 18.4 Å². The summed E-state index contributed by atoms with van der Waals surface area (Å²) >= 11 is 4.38. The summed E-state index contributed by atoms with van der Waals surface area (Å²) in [6.45, 7) is 8.42. The molecule has 1 aliphatic heterocycles. The summed E-state index contributed by atoms with van der Waals surface area (Å²) in [5, 5.41) is 0. The van der Waals surface area contributed by atoms with Crippen LogP contribution in [0.1, 0.15) is 12.5 Å². The quantitative estimate of drug-likeness (QED) is 0.827. The lowest BCUT2D eigenvalue weighted by molar-refractivity contribution is 0.131. The number of nitrogens with zero attached hydrogens (tertiary/aromatic N) is 2. The third-order valence-electron chi connectivity index (χ3n) is 3.35. The molecule has 0 unspecified atom stereocenters. The van der Waals surface area contributed by atoms with Gasteiger partial charge in [-0.15, -0.1) is 12.6 Å². The molecular weight excluding hydrogens is 235 g/mol. The first-order valence-corrected chi connectivity index (χ1v) is 6.56. The fourth-order valence-electron chi connectivity index (χ4n) is 2.19. The van der Waals surface area contributed by atoms with E-state index in [9.17, 15) is 4.39 Å². The lowest BCUT2D eigenvalue weighted by atomic mass is 10.2. The Morgan fingerprint density at radius 3 is 2.47 bits per heavy atom. The molecule has 0 saturated carbocycles. The minimum atomic E-state index is -0.176. The third kappa shape index (κ3) is 3.44. The molecule has 0 atom stereocenters. The highest BCUT2D eigenvalue weighted by Crippen LogP contribution is 2.18. The van der Waals surface area contributed by atoms with Crippen LogP contribution in [0.4, 0.5) is 4.39 Å². The zero-order valence-electron chi connectivity index (χ0n) is 10.2. The summed E-state index contributed by atoms with van der Waals surface area (Å²) < 4.78 is 13.2. The molecule has 1 aliphatic rings. The van der Waals surface area contributed by atoms with Gasteiger partial charge >= 0.3 is 0 Å². The van der Waals surface area contributed by atoms with Crippen molar-refractivity contribution in [3.05, 3.63) is 29.6 Å². The molecule has 0 N–H and O–H groups in total. The van der Waals surface area contributed by atoms with Gasteiger partial charge in [-0.25, -0.2) is 4.39 Å². The van der Waals surface area contributed by atoms with E-state index < -0.39 is 0 Å². The summed E-state index contributed by atoms with van der Waals surface area (Å²) in [4.78, 5) is 5.67. The number of rotatable bonds is 3. The van der Waals surface area contributed by atoms with Gasteiger partial charge in [-0.1, -0.05) is 6.92 Å². The van der Waals surface area contributed by atoms with Crippen molar-refractivity contribution in [2.24, 2.45) is 0 Å². The van der Waals surface area contributed by atoms with Gasteiger partial charge in [-0.3, -0.25) is 4.90 Å². The molecule has 0 spiro atoms. The van der Waals surface area contributed by atoms with E-state index in [0.29, 0.717) is 0 Å². The van der Waals surface area contributed by atoms with E-state index in [4.69, 9.17) is 0 Å². The highest BCUT2D eigenvalue weighted by Gasteiger charge is 2.16. The van der Waals surface area contributed by atoms with Crippen LogP contribution in [0.5, 0.6) is 0 Å². The first-order valence-electron chi connectivity index (χ1n) is 6.11. The van der Waals surface area contributed by atoms with E-state index in [1.54, 1.807) is 12.1 Å². The standard InChI is InChI=1S/C13H19FN2S/c1-2-15-5-7-16(8-6-15)10-11-9-12(14)3-4-13(11)17/h3-4,9,17H,2,5-8,10H2,1H3. The fourth-order valence-corrected chi connectivity index (χ4v) is 2.40. The maximum Gasteiger partial charge on any atom is 0.123 e.